The van der Waals surface area contributed by atoms with E-state index in [-0.39, 0.29) is 5.91 Å². The number of hydrogen-bond donors (Lipinski definition) is 1. The Balaban J connectivity index is 1.45. The van der Waals surface area contributed by atoms with E-state index >= 15 is 0 Å². The van der Waals surface area contributed by atoms with Crippen molar-refractivity contribution < 1.29 is 4.79 Å². The Hall–Kier alpha value is -3.03. The van der Waals surface area contributed by atoms with Crippen molar-refractivity contribution in [3.63, 3.8) is 0 Å². The second kappa shape index (κ2) is 6.84. The van der Waals surface area contributed by atoms with Gasteiger partial charge in [0.25, 0.3) is 0 Å². The lowest BCUT2D eigenvalue weighted by molar-refractivity contribution is -0.116. The molecule has 1 saturated heterocycles. The van der Waals surface area contributed by atoms with Crippen molar-refractivity contribution in [2.45, 2.75) is 25.7 Å². The van der Waals surface area contributed by atoms with Crippen LogP contribution in [0, 0.1) is 0 Å². The summed E-state index contributed by atoms with van der Waals surface area (Å²) in [6.07, 6.45) is 6.47. The highest BCUT2D eigenvalue weighted by atomic mass is 16.1. The summed E-state index contributed by atoms with van der Waals surface area (Å²) in [6.45, 7) is 2.06. The van der Waals surface area contributed by atoms with Crippen LogP contribution in [-0.4, -0.2) is 43.8 Å². The van der Waals surface area contributed by atoms with Crippen molar-refractivity contribution in [1.82, 2.24) is 24.8 Å². The van der Waals surface area contributed by atoms with E-state index in [4.69, 9.17) is 0 Å². The highest BCUT2D eigenvalue weighted by Crippen LogP contribution is 2.18. The third-order valence-electron chi connectivity index (χ3n) is 4.26. The first-order valence-electron chi connectivity index (χ1n) is 8.46. The largest absolute Gasteiger partial charge is 0.355 e. The standard InChI is InChI=1S/C17H19N7O/c25-17(19-13-4-3-9-18-12-13)8-7-15-21-20-14-5-6-16(22-24(14)15)23-10-1-2-11-23/h3-6,9,12H,1-2,7-8,10-11H2,(H,19,25). The average molecular weight is 337 g/mol. The zero-order chi connectivity index (χ0) is 17.1. The zero-order valence-corrected chi connectivity index (χ0v) is 13.8. The summed E-state index contributed by atoms with van der Waals surface area (Å²) in [4.78, 5) is 18.3. The molecule has 4 heterocycles. The zero-order valence-electron chi connectivity index (χ0n) is 13.8. The van der Waals surface area contributed by atoms with Gasteiger partial charge in [0.2, 0.25) is 5.91 Å². The minimum atomic E-state index is -0.0829. The van der Waals surface area contributed by atoms with E-state index in [1.54, 1.807) is 29.0 Å². The number of aryl methyl sites for hydroxylation is 1. The number of hydrogen-bond acceptors (Lipinski definition) is 6. The fraction of sp³-hybridized carbons (Fsp3) is 0.353. The maximum absolute atomic E-state index is 12.1. The molecule has 25 heavy (non-hydrogen) atoms. The predicted molar refractivity (Wildman–Crippen MR) is 93.4 cm³/mol. The number of amides is 1. The third-order valence-corrected chi connectivity index (χ3v) is 4.26. The molecule has 3 aromatic heterocycles. The van der Waals surface area contributed by atoms with Gasteiger partial charge >= 0.3 is 0 Å². The van der Waals surface area contributed by atoms with Gasteiger partial charge in [-0.3, -0.25) is 9.78 Å². The van der Waals surface area contributed by atoms with Gasteiger partial charge in [0.1, 0.15) is 5.82 Å². The summed E-state index contributed by atoms with van der Waals surface area (Å²) in [5, 5.41) is 15.8. The van der Waals surface area contributed by atoms with Crippen LogP contribution in [0.5, 0.6) is 0 Å². The molecule has 0 unspecified atom stereocenters. The molecule has 128 valence electrons. The molecule has 8 nitrogen and oxygen atoms in total. The third kappa shape index (κ3) is 3.42. The van der Waals surface area contributed by atoms with Crippen molar-refractivity contribution in [2.24, 2.45) is 0 Å². The molecule has 1 aliphatic heterocycles. The van der Waals surface area contributed by atoms with Crippen LogP contribution in [0.3, 0.4) is 0 Å². The number of nitrogens with one attached hydrogen (secondary N) is 1. The van der Waals surface area contributed by atoms with Crippen molar-refractivity contribution in [2.75, 3.05) is 23.3 Å². The van der Waals surface area contributed by atoms with Gasteiger partial charge in [-0.1, -0.05) is 0 Å². The van der Waals surface area contributed by atoms with Crippen molar-refractivity contribution >= 4 is 23.1 Å². The highest BCUT2D eigenvalue weighted by Gasteiger charge is 2.16. The first kappa shape index (κ1) is 15.5. The van der Waals surface area contributed by atoms with Gasteiger partial charge in [-0.15, -0.1) is 15.3 Å². The van der Waals surface area contributed by atoms with Gasteiger partial charge in [-0.25, -0.2) is 0 Å². The maximum atomic E-state index is 12.1. The lowest BCUT2D eigenvalue weighted by Crippen LogP contribution is -2.20. The van der Waals surface area contributed by atoms with E-state index in [2.05, 4.69) is 30.5 Å². The van der Waals surface area contributed by atoms with E-state index in [0.29, 0.717) is 30.0 Å². The molecule has 1 aliphatic rings. The molecule has 0 radical (unpaired) electrons. The molecule has 0 spiro atoms. The Morgan fingerprint density at radius 1 is 1.16 bits per heavy atom. The Morgan fingerprint density at radius 3 is 2.84 bits per heavy atom. The topological polar surface area (TPSA) is 88.3 Å². The fourth-order valence-corrected chi connectivity index (χ4v) is 2.98. The van der Waals surface area contributed by atoms with Crippen LogP contribution in [0.4, 0.5) is 11.5 Å². The summed E-state index contributed by atoms with van der Waals surface area (Å²) in [5.41, 5.74) is 1.39. The van der Waals surface area contributed by atoms with E-state index in [9.17, 15) is 4.79 Å². The van der Waals surface area contributed by atoms with E-state index in [0.717, 1.165) is 18.9 Å². The number of fused-ring (bicyclic) bond motifs is 1. The molecule has 0 aliphatic carbocycles. The van der Waals surface area contributed by atoms with Crippen LogP contribution in [0.15, 0.2) is 36.7 Å². The summed E-state index contributed by atoms with van der Waals surface area (Å²) in [7, 11) is 0. The van der Waals surface area contributed by atoms with Crippen LogP contribution < -0.4 is 10.2 Å². The van der Waals surface area contributed by atoms with E-state index in [1.807, 2.05) is 12.1 Å². The van der Waals surface area contributed by atoms with Gasteiger partial charge in [0.05, 0.1) is 11.9 Å². The lowest BCUT2D eigenvalue weighted by atomic mass is 10.2. The highest BCUT2D eigenvalue weighted by molar-refractivity contribution is 5.90. The van der Waals surface area contributed by atoms with Gasteiger partial charge in [0, 0.05) is 32.1 Å². The Morgan fingerprint density at radius 2 is 2.04 bits per heavy atom. The van der Waals surface area contributed by atoms with Crippen molar-refractivity contribution in [1.29, 1.82) is 0 Å². The van der Waals surface area contributed by atoms with Crippen LogP contribution in [0.25, 0.3) is 5.65 Å². The number of nitrogens with zero attached hydrogens (tertiary/aromatic N) is 6. The van der Waals surface area contributed by atoms with Gasteiger partial charge in [0.15, 0.2) is 11.5 Å². The van der Waals surface area contributed by atoms with E-state index < -0.39 is 0 Å². The van der Waals surface area contributed by atoms with Crippen LogP contribution in [0.1, 0.15) is 25.1 Å². The number of rotatable bonds is 5. The summed E-state index contributed by atoms with van der Waals surface area (Å²) in [5.74, 6) is 1.55. The first-order valence-corrected chi connectivity index (χ1v) is 8.46. The number of anilines is 2. The van der Waals surface area contributed by atoms with Gasteiger partial charge in [-0.05, 0) is 37.1 Å². The molecule has 1 fully saturated rings. The Bertz CT molecular complexity index is 871. The maximum Gasteiger partial charge on any atom is 0.224 e. The fourth-order valence-electron chi connectivity index (χ4n) is 2.98. The molecule has 0 aromatic carbocycles. The summed E-state index contributed by atoms with van der Waals surface area (Å²) >= 11 is 0. The first-order chi connectivity index (χ1) is 12.3. The molecule has 0 bridgehead atoms. The normalized spacial score (nSPS) is 14.2. The predicted octanol–water partition coefficient (Wildman–Crippen LogP) is 1.69. The SMILES string of the molecule is O=C(CCc1nnc2ccc(N3CCCC3)nn12)Nc1cccnc1. The van der Waals surface area contributed by atoms with Gasteiger partial charge in [-0.2, -0.15) is 4.52 Å². The molecule has 0 saturated carbocycles. The molecular formula is C17H19N7O. The van der Waals surface area contributed by atoms with Crippen LogP contribution >= 0.6 is 0 Å². The summed E-state index contributed by atoms with van der Waals surface area (Å²) < 4.78 is 1.74. The molecule has 1 N–H and O–H groups in total. The second-order valence-corrected chi connectivity index (χ2v) is 6.06. The lowest BCUT2D eigenvalue weighted by Gasteiger charge is -2.15. The second-order valence-electron chi connectivity index (χ2n) is 6.06. The van der Waals surface area contributed by atoms with Crippen LogP contribution in [0.2, 0.25) is 0 Å². The molecule has 3 aromatic rings. The molecular weight excluding hydrogens is 318 g/mol. The van der Waals surface area contributed by atoms with Gasteiger partial charge < -0.3 is 10.2 Å². The number of aromatic nitrogens is 5. The smallest absolute Gasteiger partial charge is 0.224 e. The number of carbonyl (C=O) groups is 1. The van der Waals surface area contributed by atoms with E-state index in [1.165, 1.54) is 12.8 Å². The average Bonchev–Trinajstić information content (AvgIpc) is 3.30. The summed E-state index contributed by atoms with van der Waals surface area (Å²) in [6, 6.07) is 7.49. The van der Waals surface area contributed by atoms with Crippen molar-refractivity contribution in [3.05, 3.63) is 42.5 Å². The minimum absolute atomic E-state index is 0.0829. The Labute approximate surface area is 144 Å². The quantitative estimate of drug-likeness (QED) is 0.762. The molecule has 8 heteroatoms. The molecule has 0 atom stereocenters. The molecule has 4 rings (SSSR count). The number of pyridine rings is 1. The van der Waals surface area contributed by atoms with Crippen molar-refractivity contribution in [3.8, 4) is 0 Å². The minimum Gasteiger partial charge on any atom is -0.355 e. The Kier molecular flexibility index (Phi) is 4.24. The molecule has 1 amide bonds. The number of carbonyl (C=O) groups excluding carboxylic acids is 1. The van der Waals surface area contributed by atoms with Crippen LogP contribution in [-0.2, 0) is 11.2 Å². The monoisotopic (exact) mass is 337 g/mol.